The predicted molar refractivity (Wildman–Crippen MR) is 42.3 cm³/mol. The molecule has 12 heavy (non-hydrogen) atoms. The molecular weight excluding hydrogens is 160 g/mol. The molecule has 1 nitrogen and oxygen atoms in total. The standard InChI is InChI=1S/C9H7F2N/c1-9(10,11)7-3-5-8(12-2)6-4-7/h3-6H,1H3. The summed E-state index contributed by atoms with van der Waals surface area (Å²) >= 11 is 0. The first-order valence-corrected chi connectivity index (χ1v) is 3.40. The molecule has 0 aliphatic carbocycles. The Morgan fingerprint density at radius 2 is 1.75 bits per heavy atom. The molecule has 1 aromatic carbocycles. The molecule has 0 fully saturated rings. The SMILES string of the molecule is [C-]#[N+]c1ccc(C(C)(F)F)cc1. The summed E-state index contributed by atoms with van der Waals surface area (Å²) in [4.78, 5) is 3.10. The van der Waals surface area contributed by atoms with Crippen molar-refractivity contribution in [1.29, 1.82) is 0 Å². The van der Waals surface area contributed by atoms with Gasteiger partial charge in [-0.05, 0) is 0 Å². The first kappa shape index (κ1) is 8.66. The van der Waals surface area contributed by atoms with Gasteiger partial charge in [-0.2, -0.15) is 0 Å². The Bertz CT molecular complexity index is 303. The van der Waals surface area contributed by atoms with Gasteiger partial charge in [-0.3, -0.25) is 0 Å². The molecule has 62 valence electrons. The van der Waals surface area contributed by atoms with Crippen LogP contribution in [0.25, 0.3) is 4.85 Å². The highest BCUT2D eigenvalue weighted by Gasteiger charge is 2.23. The molecule has 0 heterocycles. The third-order valence-corrected chi connectivity index (χ3v) is 1.50. The van der Waals surface area contributed by atoms with E-state index in [0.717, 1.165) is 6.92 Å². The lowest BCUT2D eigenvalue weighted by Crippen LogP contribution is -2.05. The largest absolute Gasteiger partial charge is 0.270 e. The van der Waals surface area contributed by atoms with Crippen molar-refractivity contribution < 1.29 is 8.78 Å². The molecule has 0 N–H and O–H groups in total. The summed E-state index contributed by atoms with van der Waals surface area (Å²) in [6.45, 7) is 7.44. The molecule has 0 saturated carbocycles. The van der Waals surface area contributed by atoms with Crippen LogP contribution >= 0.6 is 0 Å². The third kappa shape index (κ3) is 1.79. The summed E-state index contributed by atoms with van der Waals surface area (Å²) in [5.41, 5.74) is 0.318. The maximum Gasteiger partial charge on any atom is 0.270 e. The minimum Gasteiger partial charge on any atom is -0.238 e. The summed E-state index contributed by atoms with van der Waals surface area (Å²) < 4.78 is 25.2. The molecule has 0 radical (unpaired) electrons. The van der Waals surface area contributed by atoms with E-state index in [2.05, 4.69) is 4.85 Å². The molecule has 3 heteroatoms. The fraction of sp³-hybridized carbons (Fsp3) is 0.222. The van der Waals surface area contributed by atoms with E-state index in [1.807, 2.05) is 0 Å². The van der Waals surface area contributed by atoms with Crippen molar-refractivity contribution in [3.63, 3.8) is 0 Å². The van der Waals surface area contributed by atoms with Gasteiger partial charge in [0.05, 0.1) is 6.57 Å². The second-order valence-corrected chi connectivity index (χ2v) is 2.55. The van der Waals surface area contributed by atoms with Gasteiger partial charge in [0.2, 0.25) is 0 Å². The van der Waals surface area contributed by atoms with E-state index in [9.17, 15) is 8.78 Å². The zero-order chi connectivity index (χ0) is 9.19. The Morgan fingerprint density at radius 3 is 2.08 bits per heavy atom. The van der Waals surface area contributed by atoms with Crippen LogP contribution in [0.2, 0.25) is 0 Å². The van der Waals surface area contributed by atoms with Crippen molar-refractivity contribution in [1.82, 2.24) is 0 Å². The Hall–Kier alpha value is -1.43. The average Bonchev–Trinajstić information content (AvgIpc) is 2.03. The fourth-order valence-corrected chi connectivity index (χ4v) is 0.829. The van der Waals surface area contributed by atoms with E-state index in [1.54, 1.807) is 0 Å². The molecule has 0 unspecified atom stereocenters. The molecule has 1 rings (SSSR count). The van der Waals surface area contributed by atoms with Crippen molar-refractivity contribution in [2.45, 2.75) is 12.8 Å². The van der Waals surface area contributed by atoms with E-state index < -0.39 is 5.92 Å². The van der Waals surface area contributed by atoms with Crippen LogP contribution in [-0.4, -0.2) is 0 Å². The topological polar surface area (TPSA) is 4.36 Å². The zero-order valence-corrected chi connectivity index (χ0v) is 6.51. The minimum absolute atomic E-state index is 0.0603. The molecule has 0 saturated heterocycles. The van der Waals surface area contributed by atoms with Gasteiger partial charge in [0.15, 0.2) is 5.69 Å². The first-order chi connectivity index (χ1) is 5.54. The lowest BCUT2D eigenvalue weighted by atomic mass is 10.1. The highest BCUT2D eigenvalue weighted by Crippen LogP contribution is 2.28. The molecule has 0 aliphatic heterocycles. The molecule has 0 bridgehead atoms. The van der Waals surface area contributed by atoms with Gasteiger partial charge in [0, 0.05) is 12.5 Å². The Labute approximate surface area is 69.5 Å². The van der Waals surface area contributed by atoms with Crippen molar-refractivity contribution >= 4 is 5.69 Å². The van der Waals surface area contributed by atoms with Crippen LogP contribution in [0, 0.1) is 6.57 Å². The number of halogens is 2. The number of nitrogens with zero attached hydrogens (tertiary/aromatic N) is 1. The van der Waals surface area contributed by atoms with Gasteiger partial charge in [-0.25, -0.2) is 13.6 Å². The van der Waals surface area contributed by atoms with Gasteiger partial charge >= 0.3 is 0 Å². The highest BCUT2D eigenvalue weighted by atomic mass is 19.3. The number of hydrogen-bond acceptors (Lipinski definition) is 0. The zero-order valence-electron chi connectivity index (χ0n) is 6.51. The van der Waals surface area contributed by atoms with Crippen molar-refractivity contribution in [3.05, 3.63) is 41.2 Å². The van der Waals surface area contributed by atoms with Crippen molar-refractivity contribution in [2.75, 3.05) is 0 Å². The van der Waals surface area contributed by atoms with E-state index in [1.165, 1.54) is 24.3 Å². The minimum atomic E-state index is -2.82. The second kappa shape index (κ2) is 2.90. The van der Waals surface area contributed by atoms with E-state index in [-0.39, 0.29) is 5.56 Å². The molecule has 0 amide bonds. The second-order valence-electron chi connectivity index (χ2n) is 2.55. The van der Waals surface area contributed by atoms with Crippen LogP contribution in [0.15, 0.2) is 24.3 Å². The van der Waals surface area contributed by atoms with Crippen LogP contribution in [0.4, 0.5) is 14.5 Å². The summed E-state index contributed by atoms with van der Waals surface area (Å²) in [6, 6.07) is 5.32. The third-order valence-electron chi connectivity index (χ3n) is 1.50. The van der Waals surface area contributed by atoms with Gasteiger partial charge in [0.1, 0.15) is 0 Å². The van der Waals surface area contributed by atoms with Crippen LogP contribution in [0.1, 0.15) is 12.5 Å². The normalized spacial score (nSPS) is 10.8. The molecule has 0 aliphatic rings. The quantitative estimate of drug-likeness (QED) is 0.565. The Kier molecular flexibility index (Phi) is 2.09. The van der Waals surface area contributed by atoms with Crippen LogP contribution in [0.3, 0.4) is 0 Å². The van der Waals surface area contributed by atoms with Crippen molar-refractivity contribution in [2.24, 2.45) is 0 Å². The highest BCUT2D eigenvalue weighted by molar-refractivity contribution is 5.45. The maximum absolute atomic E-state index is 12.6. The summed E-state index contributed by atoms with van der Waals surface area (Å²) in [5.74, 6) is -2.82. The average molecular weight is 167 g/mol. The lowest BCUT2D eigenvalue weighted by Gasteiger charge is -2.09. The van der Waals surface area contributed by atoms with E-state index in [4.69, 9.17) is 6.57 Å². The van der Waals surface area contributed by atoms with Gasteiger partial charge in [-0.1, -0.05) is 24.3 Å². The van der Waals surface area contributed by atoms with Gasteiger partial charge in [0.25, 0.3) is 5.92 Å². The van der Waals surface area contributed by atoms with Gasteiger partial charge in [-0.15, -0.1) is 0 Å². The summed E-state index contributed by atoms with van der Waals surface area (Å²) in [6.07, 6.45) is 0. The Balaban J connectivity index is 3.02. The first-order valence-electron chi connectivity index (χ1n) is 3.40. The van der Waals surface area contributed by atoms with Crippen LogP contribution in [0.5, 0.6) is 0 Å². The molecule has 0 atom stereocenters. The van der Waals surface area contributed by atoms with Gasteiger partial charge < -0.3 is 0 Å². The van der Waals surface area contributed by atoms with E-state index >= 15 is 0 Å². The summed E-state index contributed by atoms with van der Waals surface area (Å²) in [5, 5.41) is 0. The maximum atomic E-state index is 12.6. The van der Waals surface area contributed by atoms with E-state index in [0.29, 0.717) is 5.69 Å². The monoisotopic (exact) mass is 167 g/mol. The molecule has 0 aromatic heterocycles. The number of alkyl halides is 2. The summed E-state index contributed by atoms with van der Waals surface area (Å²) in [7, 11) is 0. The lowest BCUT2D eigenvalue weighted by molar-refractivity contribution is 0.0175. The molecular formula is C9H7F2N. The molecule has 1 aromatic rings. The predicted octanol–water partition coefficient (Wildman–Crippen LogP) is 3.35. The van der Waals surface area contributed by atoms with Crippen LogP contribution < -0.4 is 0 Å². The fourth-order valence-electron chi connectivity index (χ4n) is 0.829. The van der Waals surface area contributed by atoms with Crippen molar-refractivity contribution in [3.8, 4) is 0 Å². The number of benzene rings is 1. The number of hydrogen-bond donors (Lipinski definition) is 0. The number of rotatable bonds is 1. The smallest absolute Gasteiger partial charge is 0.238 e. The van der Waals surface area contributed by atoms with Crippen LogP contribution in [-0.2, 0) is 5.92 Å². The molecule has 0 spiro atoms. The Morgan fingerprint density at radius 1 is 1.25 bits per heavy atom.